The number of carbonyl (C=O) groups is 1. The average molecular weight is 478 g/mol. The summed E-state index contributed by atoms with van der Waals surface area (Å²) < 4.78 is 38.8. The number of halogens is 3. The van der Waals surface area contributed by atoms with E-state index in [1.165, 1.54) is 18.3 Å². The number of amides is 1. The van der Waals surface area contributed by atoms with Crippen LogP contribution in [0, 0.1) is 6.92 Å². The van der Waals surface area contributed by atoms with Gasteiger partial charge in [-0.05, 0) is 36.2 Å². The molecule has 1 aromatic carbocycles. The topological polar surface area (TPSA) is 91.2 Å². The third kappa shape index (κ3) is 5.14. The standard InChI is InChI=1S/C22H22F3N5O2S/c1-13-9-15(11-16(10-13)28-20-26-6-3-18(29-20)22(23,24)25)17-12-27-19(33-17)21(32)4-7-30(8-5-21)14(2)31/h3,6,9-12,32H,4-5,7-8H2,1-2H3,(H,26,28,29). The Bertz CT molecular complexity index is 1170. The summed E-state index contributed by atoms with van der Waals surface area (Å²) in [5.74, 6) is -0.167. The highest BCUT2D eigenvalue weighted by atomic mass is 32.1. The van der Waals surface area contributed by atoms with E-state index in [0.717, 1.165) is 28.3 Å². The normalized spacial score (nSPS) is 16.0. The summed E-state index contributed by atoms with van der Waals surface area (Å²) in [6.07, 6.45) is -1.01. The number of rotatable bonds is 4. The molecule has 11 heteroatoms. The number of hydrogen-bond donors (Lipinski definition) is 2. The van der Waals surface area contributed by atoms with Crippen molar-refractivity contribution >= 4 is 28.9 Å². The first-order valence-electron chi connectivity index (χ1n) is 10.3. The van der Waals surface area contributed by atoms with Crippen LogP contribution in [-0.2, 0) is 16.6 Å². The van der Waals surface area contributed by atoms with E-state index in [4.69, 9.17) is 0 Å². The first-order valence-corrected chi connectivity index (χ1v) is 11.1. The van der Waals surface area contributed by atoms with Crippen LogP contribution in [-0.4, -0.2) is 44.0 Å². The van der Waals surface area contributed by atoms with Gasteiger partial charge in [-0.15, -0.1) is 11.3 Å². The van der Waals surface area contributed by atoms with Gasteiger partial charge in [-0.3, -0.25) is 4.79 Å². The molecule has 0 radical (unpaired) electrons. The molecule has 174 valence electrons. The third-order valence-corrected chi connectivity index (χ3v) is 6.74. The first kappa shape index (κ1) is 23.1. The molecule has 1 aliphatic rings. The fourth-order valence-corrected chi connectivity index (χ4v) is 4.78. The molecule has 33 heavy (non-hydrogen) atoms. The Balaban J connectivity index is 1.56. The number of likely N-dealkylation sites (tertiary alicyclic amines) is 1. The zero-order valence-corrected chi connectivity index (χ0v) is 18.8. The van der Waals surface area contributed by atoms with Crippen molar-refractivity contribution in [1.82, 2.24) is 19.9 Å². The van der Waals surface area contributed by atoms with Gasteiger partial charge in [0.2, 0.25) is 11.9 Å². The minimum absolute atomic E-state index is 0.0126. The number of piperidine rings is 1. The third-order valence-electron chi connectivity index (χ3n) is 5.50. The van der Waals surface area contributed by atoms with Crippen molar-refractivity contribution in [2.75, 3.05) is 18.4 Å². The fraction of sp³-hybridized carbons (Fsp3) is 0.364. The molecule has 3 aromatic rings. The van der Waals surface area contributed by atoms with Gasteiger partial charge >= 0.3 is 6.18 Å². The van der Waals surface area contributed by atoms with Gasteiger partial charge in [0, 0.05) is 50.9 Å². The molecule has 0 bridgehead atoms. The Labute approximate surface area is 192 Å². The smallest absolute Gasteiger partial charge is 0.383 e. The van der Waals surface area contributed by atoms with E-state index in [-0.39, 0.29) is 11.9 Å². The molecule has 1 amide bonds. The molecule has 0 aliphatic carbocycles. The molecule has 0 saturated carbocycles. The Morgan fingerprint density at radius 3 is 2.61 bits per heavy atom. The Morgan fingerprint density at radius 1 is 1.21 bits per heavy atom. The van der Waals surface area contributed by atoms with Crippen LogP contribution in [0.25, 0.3) is 10.4 Å². The van der Waals surface area contributed by atoms with Crippen molar-refractivity contribution in [3.8, 4) is 10.4 Å². The maximum absolute atomic E-state index is 12.9. The number of aromatic nitrogens is 3. The van der Waals surface area contributed by atoms with Gasteiger partial charge in [0.1, 0.15) is 16.3 Å². The molecule has 7 nitrogen and oxygen atoms in total. The summed E-state index contributed by atoms with van der Waals surface area (Å²) in [5, 5.41) is 14.5. The highest BCUT2D eigenvalue weighted by molar-refractivity contribution is 7.15. The zero-order valence-electron chi connectivity index (χ0n) is 18.0. The first-order chi connectivity index (χ1) is 15.5. The summed E-state index contributed by atoms with van der Waals surface area (Å²) >= 11 is 1.36. The molecule has 4 rings (SSSR count). The lowest BCUT2D eigenvalue weighted by Gasteiger charge is -2.36. The Kier molecular flexibility index (Phi) is 6.10. The summed E-state index contributed by atoms with van der Waals surface area (Å²) in [5.41, 5.74) is 0.103. The maximum Gasteiger partial charge on any atom is 0.433 e. The number of hydrogen-bond acceptors (Lipinski definition) is 7. The SMILES string of the molecule is CC(=O)N1CCC(O)(c2ncc(-c3cc(C)cc(Nc4nccc(C(F)(F)F)n4)c3)s2)CC1. The van der Waals surface area contributed by atoms with Crippen LogP contribution in [0.5, 0.6) is 0 Å². The quantitative estimate of drug-likeness (QED) is 0.575. The second-order valence-electron chi connectivity index (χ2n) is 8.04. The number of nitrogens with one attached hydrogen (secondary N) is 1. The summed E-state index contributed by atoms with van der Waals surface area (Å²) in [6.45, 7) is 4.32. The van der Waals surface area contributed by atoms with E-state index in [0.29, 0.717) is 36.6 Å². The van der Waals surface area contributed by atoms with Crippen molar-refractivity contribution in [2.45, 2.75) is 38.5 Å². The van der Waals surface area contributed by atoms with Crippen LogP contribution in [0.3, 0.4) is 0 Å². The number of anilines is 2. The van der Waals surface area contributed by atoms with Gasteiger partial charge in [-0.1, -0.05) is 6.07 Å². The lowest BCUT2D eigenvalue weighted by Crippen LogP contribution is -2.44. The number of carbonyl (C=O) groups excluding carboxylic acids is 1. The Morgan fingerprint density at radius 2 is 1.94 bits per heavy atom. The van der Waals surface area contributed by atoms with Crippen LogP contribution < -0.4 is 5.32 Å². The molecule has 2 N–H and O–H groups in total. The Hall–Kier alpha value is -3.05. The van der Waals surface area contributed by atoms with Gasteiger partial charge in [-0.2, -0.15) is 13.2 Å². The molecule has 0 spiro atoms. The summed E-state index contributed by atoms with van der Waals surface area (Å²) in [7, 11) is 0. The second-order valence-corrected chi connectivity index (χ2v) is 9.07. The van der Waals surface area contributed by atoms with E-state index >= 15 is 0 Å². The fourth-order valence-electron chi connectivity index (χ4n) is 3.73. The number of thiazole rings is 1. The van der Waals surface area contributed by atoms with Gasteiger partial charge in [0.15, 0.2) is 0 Å². The molecule has 2 aromatic heterocycles. The van der Waals surface area contributed by atoms with E-state index in [1.807, 2.05) is 13.0 Å². The largest absolute Gasteiger partial charge is 0.433 e. The predicted octanol–water partition coefficient (Wildman–Crippen LogP) is 4.50. The lowest BCUT2D eigenvalue weighted by atomic mass is 9.92. The molecular formula is C22H22F3N5O2S. The maximum atomic E-state index is 12.9. The summed E-state index contributed by atoms with van der Waals surface area (Å²) in [4.78, 5) is 25.9. The van der Waals surface area contributed by atoms with Crippen LogP contribution >= 0.6 is 11.3 Å². The minimum atomic E-state index is -4.56. The number of aliphatic hydroxyl groups is 1. The second kappa shape index (κ2) is 8.71. The van der Waals surface area contributed by atoms with Crippen molar-refractivity contribution in [3.63, 3.8) is 0 Å². The van der Waals surface area contributed by atoms with Gasteiger partial charge in [-0.25, -0.2) is 15.0 Å². The molecule has 0 atom stereocenters. The zero-order chi connectivity index (χ0) is 23.8. The van der Waals surface area contributed by atoms with E-state index in [1.54, 1.807) is 23.2 Å². The number of nitrogens with zero attached hydrogens (tertiary/aromatic N) is 4. The molecule has 3 heterocycles. The van der Waals surface area contributed by atoms with Crippen LogP contribution in [0.1, 0.15) is 36.0 Å². The number of benzene rings is 1. The van der Waals surface area contributed by atoms with Crippen molar-refractivity contribution in [3.05, 3.63) is 52.9 Å². The number of alkyl halides is 3. The van der Waals surface area contributed by atoms with E-state index < -0.39 is 17.5 Å². The van der Waals surface area contributed by atoms with E-state index in [9.17, 15) is 23.1 Å². The van der Waals surface area contributed by atoms with Gasteiger partial charge < -0.3 is 15.3 Å². The van der Waals surface area contributed by atoms with Crippen LogP contribution in [0.15, 0.2) is 36.7 Å². The van der Waals surface area contributed by atoms with Crippen LogP contribution in [0.2, 0.25) is 0 Å². The number of aryl methyl sites for hydroxylation is 1. The predicted molar refractivity (Wildman–Crippen MR) is 118 cm³/mol. The molecule has 0 unspecified atom stereocenters. The van der Waals surface area contributed by atoms with Gasteiger partial charge in [0.25, 0.3) is 0 Å². The highest BCUT2D eigenvalue weighted by Crippen LogP contribution is 2.39. The lowest BCUT2D eigenvalue weighted by molar-refractivity contribution is -0.141. The highest BCUT2D eigenvalue weighted by Gasteiger charge is 2.37. The molecule has 1 aliphatic heterocycles. The average Bonchev–Trinajstić information content (AvgIpc) is 3.25. The molecular weight excluding hydrogens is 455 g/mol. The monoisotopic (exact) mass is 477 g/mol. The van der Waals surface area contributed by atoms with E-state index in [2.05, 4.69) is 20.3 Å². The molecule has 1 saturated heterocycles. The van der Waals surface area contributed by atoms with Crippen molar-refractivity contribution in [1.29, 1.82) is 0 Å². The molecule has 1 fully saturated rings. The van der Waals surface area contributed by atoms with Crippen molar-refractivity contribution in [2.24, 2.45) is 0 Å². The minimum Gasteiger partial charge on any atom is -0.383 e. The van der Waals surface area contributed by atoms with Crippen LogP contribution in [0.4, 0.5) is 24.8 Å². The van der Waals surface area contributed by atoms with Gasteiger partial charge in [0.05, 0.1) is 4.88 Å². The van der Waals surface area contributed by atoms with Crippen molar-refractivity contribution < 1.29 is 23.1 Å². The summed E-state index contributed by atoms with van der Waals surface area (Å²) in [6, 6.07) is 6.30.